The van der Waals surface area contributed by atoms with E-state index in [2.05, 4.69) is 12.2 Å². The lowest BCUT2D eigenvalue weighted by Crippen LogP contribution is -2.08. The third kappa shape index (κ3) is 3.47. The van der Waals surface area contributed by atoms with Crippen LogP contribution in [0.5, 0.6) is 0 Å². The molecule has 1 aromatic rings. The van der Waals surface area contributed by atoms with Crippen LogP contribution in [0.1, 0.15) is 62.5 Å². The molecule has 0 aliphatic carbocycles. The summed E-state index contributed by atoms with van der Waals surface area (Å²) in [6.45, 7) is 2.81. The van der Waals surface area contributed by atoms with E-state index in [0.29, 0.717) is 12.2 Å². The van der Waals surface area contributed by atoms with E-state index in [4.69, 9.17) is 0 Å². The van der Waals surface area contributed by atoms with Gasteiger partial charge < -0.3 is 5.32 Å². The quantitative estimate of drug-likeness (QED) is 0.673. The molecule has 1 N–H and O–H groups in total. The van der Waals surface area contributed by atoms with Gasteiger partial charge in [0.15, 0.2) is 0 Å². The molecular weight excluding hydrogens is 263 g/mol. The lowest BCUT2D eigenvalue weighted by atomic mass is 9.93. The van der Waals surface area contributed by atoms with Gasteiger partial charge in [0, 0.05) is 18.2 Å². The molecule has 0 saturated heterocycles. The van der Waals surface area contributed by atoms with Crippen molar-refractivity contribution >= 4 is 5.69 Å². The van der Waals surface area contributed by atoms with Crippen molar-refractivity contribution in [3.05, 3.63) is 29.3 Å². The van der Waals surface area contributed by atoms with Crippen molar-refractivity contribution in [3.8, 4) is 0 Å². The van der Waals surface area contributed by atoms with Crippen molar-refractivity contribution < 1.29 is 13.2 Å². The summed E-state index contributed by atoms with van der Waals surface area (Å²) in [5, 5.41) is 2.96. The van der Waals surface area contributed by atoms with Gasteiger partial charge in [-0.3, -0.25) is 0 Å². The third-order valence-corrected chi connectivity index (χ3v) is 4.02. The predicted molar refractivity (Wildman–Crippen MR) is 76.1 cm³/mol. The number of fused-ring (bicyclic) bond motifs is 1. The molecule has 0 spiro atoms. The summed E-state index contributed by atoms with van der Waals surface area (Å²) in [5.74, 6) is 0.230. The molecule has 0 fully saturated rings. The molecule has 1 aliphatic heterocycles. The van der Waals surface area contributed by atoms with Gasteiger partial charge in [-0.1, -0.05) is 51.2 Å². The average molecular weight is 285 g/mol. The summed E-state index contributed by atoms with van der Waals surface area (Å²) in [4.78, 5) is 0. The number of rotatable bonds is 6. The molecule has 1 nitrogen and oxygen atoms in total. The first-order valence-electron chi connectivity index (χ1n) is 7.48. The lowest BCUT2D eigenvalue weighted by Gasteiger charge is -2.13. The molecule has 0 aromatic heterocycles. The fourth-order valence-electron chi connectivity index (χ4n) is 2.93. The predicted octanol–water partition coefficient (Wildman–Crippen LogP) is 5.58. The van der Waals surface area contributed by atoms with Gasteiger partial charge in [0.2, 0.25) is 0 Å². The van der Waals surface area contributed by atoms with Crippen molar-refractivity contribution in [3.63, 3.8) is 0 Å². The van der Waals surface area contributed by atoms with E-state index in [1.165, 1.54) is 31.7 Å². The molecule has 1 heterocycles. The zero-order chi connectivity index (χ0) is 14.6. The number of hydrogen-bond acceptors (Lipinski definition) is 1. The van der Waals surface area contributed by atoms with Crippen LogP contribution in [-0.2, 0) is 6.18 Å². The summed E-state index contributed by atoms with van der Waals surface area (Å²) < 4.78 is 38.8. The van der Waals surface area contributed by atoms with Gasteiger partial charge in [0.05, 0.1) is 5.56 Å². The van der Waals surface area contributed by atoms with Gasteiger partial charge in [-0.2, -0.15) is 13.2 Å². The van der Waals surface area contributed by atoms with E-state index in [9.17, 15) is 13.2 Å². The third-order valence-electron chi connectivity index (χ3n) is 4.02. The molecule has 4 heteroatoms. The van der Waals surface area contributed by atoms with Gasteiger partial charge in [0.25, 0.3) is 0 Å². The summed E-state index contributed by atoms with van der Waals surface area (Å²) in [6.07, 6.45) is 2.67. The number of hydrogen-bond donors (Lipinski definition) is 1. The topological polar surface area (TPSA) is 12.0 Å². The van der Waals surface area contributed by atoms with Crippen molar-refractivity contribution in [1.82, 2.24) is 0 Å². The lowest BCUT2D eigenvalue weighted by molar-refractivity contribution is -0.136. The molecule has 20 heavy (non-hydrogen) atoms. The highest BCUT2D eigenvalue weighted by atomic mass is 19.4. The van der Waals surface area contributed by atoms with E-state index >= 15 is 0 Å². The Morgan fingerprint density at radius 3 is 2.60 bits per heavy atom. The smallest absolute Gasteiger partial charge is 0.384 e. The summed E-state index contributed by atoms with van der Waals surface area (Å²) in [5.41, 5.74) is 0.623. The first-order valence-corrected chi connectivity index (χ1v) is 7.48. The molecule has 112 valence electrons. The van der Waals surface area contributed by atoms with Crippen LogP contribution >= 0.6 is 0 Å². The van der Waals surface area contributed by atoms with Crippen LogP contribution in [0, 0.1) is 0 Å². The molecule has 1 atom stereocenters. The Hall–Kier alpha value is -1.19. The fraction of sp³-hybridized carbons (Fsp3) is 0.625. The fourth-order valence-corrected chi connectivity index (χ4v) is 2.93. The van der Waals surface area contributed by atoms with Crippen LogP contribution in [0.3, 0.4) is 0 Å². The van der Waals surface area contributed by atoms with E-state index in [1.807, 2.05) is 6.07 Å². The molecule has 1 aliphatic rings. The van der Waals surface area contributed by atoms with Crippen LogP contribution in [-0.4, -0.2) is 6.54 Å². The summed E-state index contributed by atoms with van der Waals surface area (Å²) in [7, 11) is 0. The maximum absolute atomic E-state index is 12.9. The van der Waals surface area contributed by atoms with E-state index in [-0.39, 0.29) is 5.92 Å². The zero-order valence-corrected chi connectivity index (χ0v) is 11.9. The van der Waals surface area contributed by atoms with Gasteiger partial charge >= 0.3 is 6.18 Å². The molecule has 1 aromatic carbocycles. The summed E-state index contributed by atoms with van der Waals surface area (Å²) >= 11 is 0. The highest BCUT2D eigenvalue weighted by Gasteiger charge is 2.37. The minimum Gasteiger partial charge on any atom is -0.384 e. The highest BCUT2D eigenvalue weighted by molar-refractivity contribution is 5.64. The number of para-hydroxylation sites is 1. The minimum absolute atomic E-state index is 0.230. The number of benzene rings is 1. The monoisotopic (exact) mass is 285 g/mol. The normalized spacial score (nSPS) is 17.9. The van der Waals surface area contributed by atoms with Crippen LogP contribution in [0.25, 0.3) is 0 Å². The number of nitrogens with one attached hydrogen (secondary N) is 1. The Kier molecular flexibility index (Phi) is 4.95. The Bertz CT molecular complexity index is 440. The first-order chi connectivity index (χ1) is 9.54. The van der Waals surface area contributed by atoms with Crippen LogP contribution in [0.4, 0.5) is 18.9 Å². The maximum Gasteiger partial charge on any atom is 0.418 e. The van der Waals surface area contributed by atoms with Crippen LogP contribution in [0.2, 0.25) is 0 Å². The number of anilines is 1. The second kappa shape index (κ2) is 6.51. The van der Waals surface area contributed by atoms with Crippen molar-refractivity contribution in [2.75, 3.05) is 11.9 Å². The van der Waals surface area contributed by atoms with Crippen LogP contribution in [0.15, 0.2) is 18.2 Å². The maximum atomic E-state index is 12.9. The second-order valence-electron chi connectivity index (χ2n) is 5.55. The second-order valence-corrected chi connectivity index (χ2v) is 5.55. The molecule has 1 unspecified atom stereocenters. The van der Waals surface area contributed by atoms with Gasteiger partial charge in [0.1, 0.15) is 0 Å². The molecule has 0 amide bonds. The van der Waals surface area contributed by atoms with Crippen molar-refractivity contribution in [2.45, 2.75) is 57.5 Å². The van der Waals surface area contributed by atoms with E-state index in [0.717, 1.165) is 24.5 Å². The Morgan fingerprint density at radius 1 is 1.15 bits per heavy atom. The molecule has 0 bridgehead atoms. The number of halogens is 3. The van der Waals surface area contributed by atoms with Crippen LogP contribution < -0.4 is 5.32 Å². The molecule has 2 rings (SSSR count). The van der Waals surface area contributed by atoms with Gasteiger partial charge in [-0.25, -0.2) is 0 Å². The van der Waals surface area contributed by atoms with Gasteiger partial charge in [-0.05, 0) is 18.1 Å². The summed E-state index contributed by atoms with van der Waals surface area (Å²) in [6, 6.07) is 4.52. The zero-order valence-electron chi connectivity index (χ0n) is 11.9. The first kappa shape index (κ1) is 15.2. The van der Waals surface area contributed by atoms with E-state index < -0.39 is 11.7 Å². The number of unbranched alkanes of at least 4 members (excludes halogenated alkanes) is 4. The highest BCUT2D eigenvalue weighted by Crippen LogP contribution is 2.43. The Labute approximate surface area is 118 Å². The SMILES string of the molecule is CCCCCCCC1CNc2c1cccc2C(F)(F)F. The molecular formula is C16H22F3N. The molecule has 0 radical (unpaired) electrons. The number of alkyl halides is 3. The largest absolute Gasteiger partial charge is 0.418 e. The Balaban J connectivity index is 1.99. The van der Waals surface area contributed by atoms with Gasteiger partial charge in [-0.15, -0.1) is 0 Å². The molecule has 0 saturated carbocycles. The van der Waals surface area contributed by atoms with Crippen molar-refractivity contribution in [2.24, 2.45) is 0 Å². The minimum atomic E-state index is -4.27. The Morgan fingerprint density at radius 2 is 1.90 bits per heavy atom. The average Bonchev–Trinajstić information content (AvgIpc) is 2.80. The standard InChI is InChI=1S/C16H22F3N/c1-2-3-4-5-6-8-12-11-20-15-13(12)9-7-10-14(15)16(17,18)19/h7,9-10,12,20H,2-6,8,11H2,1H3. The van der Waals surface area contributed by atoms with E-state index in [1.54, 1.807) is 0 Å². The van der Waals surface area contributed by atoms with Crippen molar-refractivity contribution in [1.29, 1.82) is 0 Å².